The molecule has 5 heteroatoms. The molecule has 0 spiro atoms. The van der Waals surface area contributed by atoms with E-state index in [9.17, 15) is 4.79 Å². The normalized spacial score (nSPS) is 26.7. The molecule has 3 N–H and O–H groups in total. The van der Waals surface area contributed by atoms with Gasteiger partial charge in [-0.1, -0.05) is 25.0 Å². The molecular weight excluding hydrogens is 338 g/mol. The number of piperidine rings is 1. The maximum absolute atomic E-state index is 12.7. The summed E-state index contributed by atoms with van der Waals surface area (Å²) in [6, 6.07) is 7.93. The highest BCUT2D eigenvalue weighted by atomic mass is 16.5. The lowest BCUT2D eigenvalue weighted by atomic mass is 9.83. The number of methoxy groups -OCH3 is 1. The van der Waals surface area contributed by atoms with Crippen molar-refractivity contribution in [1.29, 1.82) is 0 Å². The third-order valence-corrected chi connectivity index (χ3v) is 6.18. The first-order valence-corrected chi connectivity index (χ1v) is 10.5. The number of nitrogens with two attached hydrogens (primary N) is 1. The van der Waals surface area contributed by atoms with Crippen LogP contribution in [0.25, 0.3) is 0 Å². The van der Waals surface area contributed by atoms with Gasteiger partial charge in [-0.25, -0.2) is 0 Å². The molecule has 1 saturated heterocycles. The van der Waals surface area contributed by atoms with Gasteiger partial charge in [0.25, 0.3) is 5.91 Å². The number of benzene rings is 1. The van der Waals surface area contributed by atoms with Crippen molar-refractivity contribution in [3.63, 3.8) is 0 Å². The van der Waals surface area contributed by atoms with E-state index < -0.39 is 0 Å². The molecule has 1 saturated carbocycles. The predicted molar refractivity (Wildman–Crippen MR) is 109 cm³/mol. The minimum absolute atomic E-state index is 0.0476. The van der Waals surface area contributed by atoms with Crippen molar-refractivity contribution in [2.75, 3.05) is 33.4 Å². The maximum Gasteiger partial charge on any atom is 0.251 e. The van der Waals surface area contributed by atoms with Gasteiger partial charge in [-0.05, 0) is 61.8 Å². The number of hydrogen-bond acceptors (Lipinski definition) is 4. The van der Waals surface area contributed by atoms with Gasteiger partial charge in [-0.3, -0.25) is 4.79 Å². The number of carbonyl (C=O) groups is 1. The Labute approximate surface area is 163 Å². The van der Waals surface area contributed by atoms with E-state index >= 15 is 0 Å². The number of rotatable bonds is 7. The monoisotopic (exact) mass is 373 g/mol. The minimum Gasteiger partial charge on any atom is -0.384 e. The van der Waals surface area contributed by atoms with Crippen molar-refractivity contribution < 1.29 is 9.53 Å². The Morgan fingerprint density at radius 1 is 1.19 bits per heavy atom. The zero-order chi connectivity index (χ0) is 19.1. The number of likely N-dealkylation sites (tertiary alicyclic amines) is 1. The number of hydrogen-bond donors (Lipinski definition) is 2. The van der Waals surface area contributed by atoms with Gasteiger partial charge in [0, 0.05) is 38.3 Å². The highest BCUT2D eigenvalue weighted by Crippen LogP contribution is 2.27. The maximum atomic E-state index is 12.7. The lowest BCUT2D eigenvalue weighted by molar-refractivity contribution is 0.0697. The van der Waals surface area contributed by atoms with Crippen molar-refractivity contribution in [2.45, 2.75) is 51.1 Å². The minimum atomic E-state index is 0.0476. The zero-order valence-electron chi connectivity index (χ0n) is 16.7. The van der Waals surface area contributed by atoms with E-state index in [1.54, 1.807) is 7.11 Å². The van der Waals surface area contributed by atoms with Gasteiger partial charge < -0.3 is 20.7 Å². The number of nitrogens with zero attached hydrogens (tertiary/aromatic N) is 1. The van der Waals surface area contributed by atoms with E-state index in [0.717, 1.165) is 37.2 Å². The van der Waals surface area contributed by atoms with Gasteiger partial charge in [0.15, 0.2) is 0 Å². The highest BCUT2D eigenvalue weighted by molar-refractivity contribution is 5.94. The van der Waals surface area contributed by atoms with Crippen LogP contribution in [-0.2, 0) is 11.3 Å². The smallest absolute Gasteiger partial charge is 0.251 e. The van der Waals surface area contributed by atoms with Crippen molar-refractivity contribution in [3.8, 4) is 0 Å². The number of nitrogens with one attached hydrogen (secondary N) is 1. The average molecular weight is 374 g/mol. The van der Waals surface area contributed by atoms with Crippen LogP contribution in [0.1, 0.15) is 54.4 Å². The average Bonchev–Trinajstić information content (AvgIpc) is 2.70. The van der Waals surface area contributed by atoms with Crippen molar-refractivity contribution in [3.05, 3.63) is 35.4 Å². The molecule has 3 atom stereocenters. The molecule has 0 bridgehead atoms. The van der Waals surface area contributed by atoms with Crippen LogP contribution in [0.15, 0.2) is 24.3 Å². The van der Waals surface area contributed by atoms with E-state index in [1.807, 2.05) is 24.3 Å². The Morgan fingerprint density at radius 2 is 1.96 bits per heavy atom. The van der Waals surface area contributed by atoms with Crippen LogP contribution in [0.5, 0.6) is 0 Å². The van der Waals surface area contributed by atoms with E-state index in [-0.39, 0.29) is 11.9 Å². The van der Waals surface area contributed by atoms with Gasteiger partial charge in [-0.2, -0.15) is 0 Å². The fraction of sp³-hybridized carbons (Fsp3) is 0.682. The van der Waals surface area contributed by atoms with Crippen LogP contribution in [0.3, 0.4) is 0 Å². The molecule has 0 radical (unpaired) electrons. The first-order chi connectivity index (χ1) is 13.2. The largest absolute Gasteiger partial charge is 0.384 e. The van der Waals surface area contributed by atoms with Gasteiger partial charge in [0.2, 0.25) is 0 Å². The first-order valence-electron chi connectivity index (χ1n) is 10.5. The van der Waals surface area contributed by atoms with Crippen LogP contribution in [-0.4, -0.2) is 50.2 Å². The van der Waals surface area contributed by atoms with E-state index in [0.29, 0.717) is 18.4 Å². The lowest BCUT2D eigenvalue weighted by Crippen LogP contribution is -2.48. The molecule has 0 aromatic heterocycles. The van der Waals surface area contributed by atoms with Crippen LogP contribution < -0.4 is 11.1 Å². The molecule has 5 nitrogen and oxygen atoms in total. The molecule has 0 unspecified atom stereocenters. The molecular formula is C22H35N3O2. The molecule has 1 aliphatic heterocycles. The summed E-state index contributed by atoms with van der Waals surface area (Å²) in [5.74, 6) is 1.25. The van der Waals surface area contributed by atoms with Crippen LogP contribution in [0, 0.1) is 11.8 Å². The molecule has 150 valence electrons. The molecule has 2 fully saturated rings. The molecule has 27 heavy (non-hydrogen) atoms. The Kier molecular flexibility index (Phi) is 7.68. The molecule has 1 heterocycles. The summed E-state index contributed by atoms with van der Waals surface area (Å²) in [5, 5.41) is 3.33. The summed E-state index contributed by atoms with van der Waals surface area (Å²) in [6.07, 6.45) is 7.31. The Hall–Kier alpha value is -1.43. The molecule has 1 aliphatic carbocycles. The lowest BCUT2D eigenvalue weighted by Gasteiger charge is -2.39. The summed E-state index contributed by atoms with van der Waals surface area (Å²) in [4.78, 5) is 15.3. The Bertz CT molecular complexity index is 588. The molecule has 3 rings (SSSR count). The fourth-order valence-corrected chi connectivity index (χ4v) is 4.68. The van der Waals surface area contributed by atoms with Crippen molar-refractivity contribution >= 4 is 5.91 Å². The second-order valence-corrected chi connectivity index (χ2v) is 8.25. The molecule has 1 aromatic carbocycles. The Morgan fingerprint density at radius 3 is 2.70 bits per heavy atom. The van der Waals surface area contributed by atoms with Crippen LogP contribution in [0.4, 0.5) is 0 Å². The van der Waals surface area contributed by atoms with Crippen LogP contribution in [0.2, 0.25) is 0 Å². The molecule has 1 aromatic rings. The zero-order valence-corrected chi connectivity index (χ0v) is 16.7. The third-order valence-electron chi connectivity index (χ3n) is 6.18. The van der Waals surface area contributed by atoms with Gasteiger partial charge >= 0.3 is 0 Å². The predicted octanol–water partition coefficient (Wildman–Crippen LogP) is 2.79. The topological polar surface area (TPSA) is 67.6 Å². The SMILES string of the molecule is COC[C@@H]1CCCN(C[C@H]2CCCC[C@@H]2NC(=O)c2ccc(CN)cc2)C1. The molecule has 2 aliphatic rings. The number of carbonyl (C=O) groups excluding carboxylic acids is 1. The van der Waals surface area contributed by atoms with Gasteiger partial charge in [-0.15, -0.1) is 0 Å². The fourth-order valence-electron chi connectivity index (χ4n) is 4.68. The first kappa shape index (κ1) is 20.3. The summed E-state index contributed by atoms with van der Waals surface area (Å²) in [6.45, 7) is 4.77. The standard InChI is InChI=1S/C22H35N3O2/c1-27-16-18-5-4-12-25(14-18)15-20-6-2-3-7-21(20)24-22(26)19-10-8-17(13-23)9-11-19/h8-11,18,20-21H,2-7,12-16,23H2,1H3,(H,24,26)/t18-,20-,21+/m1/s1. The number of ether oxygens (including phenoxy) is 1. The highest BCUT2D eigenvalue weighted by Gasteiger charge is 2.30. The van der Waals surface area contributed by atoms with Gasteiger partial charge in [0.05, 0.1) is 6.61 Å². The van der Waals surface area contributed by atoms with E-state index in [1.165, 1.54) is 38.6 Å². The third kappa shape index (κ3) is 5.77. The Balaban J connectivity index is 1.57. The quantitative estimate of drug-likeness (QED) is 0.771. The van der Waals surface area contributed by atoms with Gasteiger partial charge in [0.1, 0.15) is 0 Å². The van der Waals surface area contributed by atoms with Crippen molar-refractivity contribution in [1.82, 2.24) is 10.2 Å². The second kappa shape index (κ2) is 10.2. The molecule has 1 amide bonds. The summed E-state index contributed by atoms with van der Waals surface area (Å²) in [7, 11) is 1.80. The summed E-state index contributed by atoms with van der Waals surface area (Å²) < 4.78 is 5.37. The number of amides is 1. The summed E-state index contributed by atoms with van der Waals surface area (Å²) in [5.41, 5.74) is 7.43. The van der Waals surface area contributed by atoms with E-state index in [2.05, 4.69) is 10.2 Å². The van der Waals surface area contributed by atoms with Crippen LogP contribution >= 0.6 is 0 Å². The van der Waals surface area contributed by atoms with Crippen molar-refractivity contribution in [2.24, 2.45) is 17.6 Å². The second-order valence-electron chi connectivity index (χ2n) is 8.25. The summed E-state index contributed by atoms with van der Waals surface area (Å²) >= 11 is 0. The van der Waals surface area contributed by atoms with E-state index in [4.69, 9.17) is 10.5 Å².